The van der Waals surface area contributed by atoms with Gasteiger partial charge in [0.15, 0.2) is 0 Å². The molecule has 1 aliphatic rings. The predicted molar refractivity (Wildman–Crippen MR) is 117 cm³/mol. The topological polar surface area (TPSA) is 47.6 Å². The second kappa shape index (κ2) is 9.44. The Balaban J connectivity index is 1.70. The van der Waals surface area contributed by atoms with Gasteiger partial charge in [-0.2, -0.15) is 0 Å². The van der Waals surface area contributed by atoms with Crippen molar-refractivity contribution in [2.75, 3.05) is 48.3 Å². The lowest BCUT2D eigenvalue weighted by atomic mass is 10.2. The fraction of sp³-hybridized carbons (Fsp3) is 0.350. The zero-order valence-electron chi connectivity index (χ0n) is 15.3. The van der Waals surface area contributed by atoms with Crippen molar-refractivity contribution in [3.8, 4) is 0 Å². The number of nitrogens with one attached hydrogen (secondary N) is 2. The number of halogens is 2. The molecule has 0 radical (unpaired) electrons. The molecule has 7 heteroatoms. The summed E-state index contributed by atoms with van der Waals surface area (Å²) in [6.07, 6.45) is 1.16. The van der Waals surface area contributed by atoms with Gasteiger partial charge < -0.3 is 15.5 Å². The Kier molecular flexibility index (Phi) is 6.99. The van der Waals surface area contributed by atoms with E-state index in [4.69, 9.17) is 11.6 Å². The molecular formula is C20H24BrClN4O. The number of carbonyl (C=O) groups excluding carboxylic acids is 1. The Labute approximate surface area is 173 Å². The summed E-state index contributed by atoms with van der Waals surface area (Å²) >= 11 is 9.88. The number of rotatable bonds is 5. The molecule has 2 amide bonds. The number of hydrogen-bond acceptors (Lipinski definition) is 3. The minimum Gasteiger partial charge on any atom is -0.366 e. The van der Waals surface area contributed by atoms with Gasteiger partial charge in [-0.05, 0) is 49.4 Å². The van der Waals surface area contributed by atoms with Crippen molar-refractivity contribution in [2.24, 2.45) is 0 Å². The first-order valence-electron chi connectivity index (χ1n) is 9.16. The molecule has 0 aliphatic carbocycles. The first kappa shape index (κ1) is 20.0. The van der Waals surface area contributed by atoms with Gasteiger partial charge in [-0.15, -0.1) is 0 Å². The summed E-state index contributed by atoms with van der Waals surface area (Å²) in [6.45, 7) is 7.12. The number of hydrogen-bond donors (Lipinski definition) is 2. The van der Waals surface area contributed by atoms with Gasteiger partial charge in [0.25, 0.3) is 0 Å². The number of benzene rings is 2. The van der Waals surface area contributed by atoms with Crippen LogP contribution in [0.3, 0.4) is 0 Å². The van der Waals surface area contributed by atoms with E-state index in [1.165, 1.54) is 0 Å². The summed E-state index contributed by atoms with van der Waals surface area (Å²) in [5.41, 5.74) is 2.34. The predicted octanol–water partition coefficient (Wildman–Crippen LogP) is 5.28. The van der Waals surface area contributed by atoms with Gasteiger partial charge in [0.05, 0.1) is 16.4 Å². The lowest BCUT2D eigenvalue weighted by Gasteiger charge is -2.37. The third-order valence-electron chi connectivity index (χ3n) is 4.57. The van der Waals surface area contributed by atoms with E-state index in [2.05, 4.69) is 43.3 Å². The van der Waals surface area contributed by atoms with Gasteiger partial charge in [-0.25, -0.2) is 4.79 Å². The average Bonchev–Trinajstić information content (AvgIpc) is 2.65. The van der Waals surface area contributed by atoms with Crippen molar-refractivity contribution in [3.05, 3.63) is 52.0 Å². The highest BCUT2D eigenvalue weighted by atomic mass is 79.9. The summed E-state index contributed by atoms with van der Waals surface area (Å²) in [4.78, 5) is 17.2. The molecule has 1 fully saturated rings. The molecule has 144 valence electrons. The Morgan fingerprint density at radius 3 is 2.44 bits per heavy atom. The van der Waals surface area contributed by atoms with Crippen LogP contribution in [0.5, 0.6) is 0 Å². The van der Waals surface area contributed by atoms with E-state index in [9.17, 15) is 4.79 Å². The third-order valence-corrected chi connectivity index (χ3v) is 5.40. The van der Waals surface area contributed by atoms with Crippen LogP contribution in [0.1, 0.15) is 13.3 Å². The van der Waals surface area contributed by atoms with Crippen LogP contribution in [0.25, 0.3) is 0 Å². The maximum absolute atomic E-state index is 12.4. The second-order valence-corrected chi connectivity index (χ2v) is 7.87. The molecule has 5 nitrogen and oxygen atoms in total. The molecule has 0 bridgehead atoms. The monoisotopic (exact) mass is 450 g/mol. The maximum Gasteiger partial charge on any atom is 0.323 e. The normalized spacial score (nSPS) is 14.9. The van der Waals surface area contributed by atoms with E-state index in [-0.39, 0.29) is 6.03 Å². The summed E-state index contributed by atoms with van der Waals surface area (Å²) in [7, 11) is 0. The number of amides is 2. The van der Waals surface area contributed by atoms with Gasteiger partial charge in [0.2, 0.25) is 0 Å². The third kappa shape index (κ3) is 5.37. The summed E-state index contributed by atoms with van der Waals surface area (Å²) in [5.74, 6) is 0. The number of anilines is 3. The number of nitrogens with zero attached hydrogens (tertiary/aromatic N) is 2. The van der Waals surface area contributed by atoms with E-state index in [1.807, 2.05) is 42.5 Å². The van der Waals surface area contributed by atoms with Crippen LogP contribution >= 0.6 is 27.5 Å². The van der Waals surface area contributed by atoms with Gasteiger partial charge >= 0.3 is 6.03 Å². The minimum atomic E-state index is -0.287. The average molecular weight is 452 g/mol. The molecule has 0 unspecified atom stereocenters. The molecule has 1 aliphatic heterocycles. The van der Waals surface area contributed by atoms with Gasteiger partial charge in [-0.1, -0.05) is 40.5 Å². The maximum atomic E-state index is 12.4. The first-order valence-corrected chi connectivity index (χ1v) is 10.3. The molecule has 0 aromatic heterocycles. The molecule has 27 heavy (non-hydrogen) atoms. The SMILES string of the molecule is CCCN1CCN(c2c(Cl)cccc2NC(=O)Nc2ccc(Br)cc2)CC1. The summed E-state index contributed by atoms with van der Waals surface area (Å²) in [6, 6.07) is 12.8. The summed E-state index contributed by atoms with van der Waals surface area (Å²) in [5, 5.41) is 6.45. The van der Waals surface area contributed by atoms with E-state index >= 15 is 0 Å². The van der Waals surface area contributed by atoms with E-state index in [0.717, 1.165) is 60.7 Å². The van der Waals surface area contributed by atoms with Gasteiger partial charge in [0.1, 0.15) is 0 Å². The smallest absolute Gasteiger partial charge is 0.323 e. The van der Waals surface area contributed by atoms with Crippen LogP contribution in [-0.2, 0) is 0 Å². The minimum absolute atomic E-state index is 0.287. The number of para-hydroxylation sites is 1. The number of piperazine rings is 1. The zero-order valence-corrected chi connectivity index (χ0v) is 17.7. The number of urea groups is 1. The Bertz CT molecular complexity index is 776. The van der Waals surface area contributed by atoms with Crippen molar-refractivity contribution in [1.82, 2.24) is 4.90 Å². The van der Waals surface area contributed by atoms with Crippen molar-refractivity contribution < 1.29 is 4.79 Å². The van der Waals surface area contributed by atoms with Gasteiger partial charge in [0, 0.05) is 36.3 Å². The van der Waals surface area contributed by atoms with Crippen molar-refractivity contribution >= 4 is 50.6 Å². The lowest BCUT2D eigenvalue weighted by molar-refractivity contribution is 0.258. The second-order valence-electron chi connectivity index (χ2n) is 6.55. The summed E-state index contributed by atoms with van der Waals surface area (Å²) < 4.78 is 0.966. The fourth-order valence-electron chi connectivity index (χ4n) is 3.27. The van der Waals surface area contributed by atoms with Crippen LogP contribution < -0.4 is 15.5 Å². The van der Waals surface area contributed by atoms with Gasteiger partial charge in [-0.3, -0.25) is 4.90 Å². The first-order chi connectivity index (χ1) is 13.1. The van der Waals surface area contributed by atoms with E-state index < -0.39 is 0 Å². The largest absolute Gasteiger partial charge is 0.366 e. The highest BCUT2D eigenvalue weighted by molar-refractivity contribution is 9.10. The molecular weight excluding hydrogens is 428 g/mol. The molecule has 1 heterocycles. The standard InChI is InChI=1S/C20H24BrClN4O/c1-2-10-25-11-13-26(14-12-25)19-17(22)4-3-5-18(19)24-20(27)23-16-8-6-15(21)7-9-16/h3-9H,2,10-14H2,1H3,(H2,23,24,27). The van der Waals surface area contributed by atoms with Crippen LogP contribution in [0.4, 0.5) is 21.9 Å². The molecule has 1 saturated heterocycles. The van der Waals surface area contributed by atoms with E-state index in [0.29, 0.717) is 5.02 Å². The van der Waals surface area contributed by atoms with Crippen LogP contribution in [0.2, 0.25) is 5.02 Å². The quantitative estimate of drug-likeness (QED) is 0.650. The van der Waals surface area contributed by atoms with Crippen LogP contribution in [0.15, 0.2) is 46.9 Å². The molecule has 2 aromatic rings. The fourth-order valence-corrected chi connectivity index (χ4v) is 3.83. The van der Waals surface area contributed by atoms with E-state index in [1.54, 1.807) is 0 Å². The Morgan fingerprint density at radius 2 is 1.78 bits per heavy atom. The zero-order chi connectivity index (χ0) is 19.2. The highest BCUT2D eigenvalue weighted by Gasteiger charge is 2.21. The highest BCUT2D eigenvalue weighted by Crippen LogP contribution is 2.34. The molecule has 0 spiro atoms. The van der Waals surface area contributed by atoms with Crippen molar-refractivity contribution in [2.45, 2.75) is 13.3 Å². The molecule has 0 saturated carbocycles. The molecule has 2 N–H and O–H groups in total. The van der Waals surface area contributed by atoms with Crippen molar-refractivity contribution in [1.29, 1.82) is 0 Å². The van der Waals surface area contributed by atoms with Crippen molar-refractivity contribution in [3.63, 3.8) is 0 Å². The molecule has 2 aromatic carbocycles. The van der Waals surface area contributed by atoms with Crippen LogP contribution in [0, 0.1) is 0 Å². The van der Waals surface area contributed by atoms with Crippen LogP contribution in [-0.4, -0.2) is 43.7 Å². The number of carbonyl (C=O) groups is 1. The molecule has 0 atom stereocenters. The molecule has 3 rings (SSSR count). The lowest BCUT2D eigenvalue weighted by Crippen LogP contribution is -2.46. The Morgan fingerprint density at radius 1 is 1.07 bits per heavy atom. The Hall–Kier alpha value is -1.76.